The lowest BCUT2D eigenvalue weighted by atomic mass is 10.2. The van der Waals surface area contributed by atoms with E-state index in [9.17, 15) is 0 Å². The van der Waals surface area contributed by atoms with Crippen molar-refractivity contribution in [3.05, 3.63) is 10.7 Å². The minimum atomic E-state index is 0.185. The summed E-state index contributed by atoms with van der Waals surface area (Å²) >= 11 is 3.40. The van der Waals surface area contributed by atoms with Crippen LogP contribution in [0.1, 0.15) is 19.8 Å². The Morgan fingerprint density at radius 1 is 1.53 bits per heavy atom. The molecule has 94 valence electrons. The molecule has 2 rings (SSSR count). The van der Waals surface area contributed by atoms with E-state index >= 15 is 0 Å². The molecule has 0 aromatic carbocycles. The second-order valence-electron chi connectivity index (χ2n) is 3.81. The number of anilines is 1. The van der Waals surface area contributed by atoms with E-state index in [1.165, 1.54) is 0 Å². The highest BCUT2D eigenvalue weighted by Crippen LogP contribution is 2.25. The van der Waals surface area contributed by atoms with Crippen LogP contribution in [0, 0.1) is 0 Å². The van der Waals surface area contributed by atoms with Gasteiger partial charge < -0.3 is 14.8 Å². The van der Waals surface area contributed by atoms with Crippen LogP contribution in [0.4, 0.5) is 5.95 Å². The van der Waals surface area contributed by atoms with Crippen molar-refractivity contribution in [1.82, 2.24) is 9.97 Å². The Morgan fingerprint density at radius 2 is 2.29 bits per heavy atom. The van der Waals surface area contributed by atoms with Crippen molar-refractivity contribution in [3.8, 4) is 5.88 Å². The number of aromatic nitrogens is 2. The van der Waals surface area contributed by atoms with E-state index < -0.39 is 0 Å². The number of nitrogens with one attached hydrogen (secondary N) is 1. The molecule has 0 amide bonds. The summed E-state index contributed by atoms with van der Waals surface area (Å²) in [5, 5.41) is 3.06. The van der Waals surface area contributed by atoms with E-state index in [2.05, 4.69) is 31.2 Å². The first-order valence-electron chi connectivity index (χ1n) is 5.80. The van der Waals surface area contributed by atoms with Gasteiger partial charge in [-0.15, -0.1) is 0 Å². The number of ether oxygens (including phenoxy) is 2. The van der Waals surface area contributed by atoms with Crippen LogP contribution in [0.15, 0.2) is 10.7 Å². The molecular formula is C11H16BrN3O2. The largest absolute Gasteiger partial charge is 0.473 e. The van der Waals surface area contributed by atoms with Crippen molar-refractivity contribution < 1.29 is 9.47 Å². The molecule has 5 nitrogen and oxygen atoms in total. The maximum absolute atomic E-state index is 5.86. The maximum atomic E-state index is 5.86. The smallest absolute Gasteiger partial charge is 0.233 e. The zero-order chi connectivity index (χ0) is 12.1. The van der Waals surface area contributed by atoms with Crippen LogP contribution in [0.3, 0.4) is 0 Å². The van der Waals surface area contributed by atoms with Gasteiger partial charge in [-0.1, -0.05) is 0 Å². The molecule has 1 aromatic rings. The molecule has 0 atom stereocenters. The van der Waals surface area contributed by atoms with Crippen LogP contribution in [0.5, 0.6) is 5.88 Å². The zero-order valence-electron chi connectivity index (χ0n) is 9.78. The second-order valence-corrected chi connectivity index (χ2v) is 4.66. The summed E-state index contributed by atoms with van der Waals surface area (Å²) in [6.07, 6.45) is 3.71. The van der Waals surface area contributed by atoms with Gasteiger partial charge in [-0.25, -0.2) is 4.98 Å². The monoisotopic (exact) mass is 301 g/mol. The molecule has 17 heavy (non-hydrogen) atoms. The fourth-order valence-electron chi connectivity index (χ4n) is 1.63. The maximum Gasteiger partial charge on any atom is 0.233 e. The van der Waals surface area contributed by atoms with Gasteiger partial charge in [0.15, 0.2) is 0 Å². The molecule has 1 aromatic heterocycles. The molecule has 1 aliphatic heterocycles. The Bertz CT molecular complexity index is 370. The van der Waals surface area contributed by atoms with Gasteiger partial charge in [-0.3, -0.25) is 0 Å². The summed E-state index contributed by atoms with van der Waals surface area (Å²) in [4.78, 5) is 8.47. The van der Waals surface area contributed by atoms with Gasteiger partial charge in [0.2, 0.25) is 11.8 Å². The van der Waals surface area contributed by atoms with Gasteiger partial charge in [0.1, 0.15) is 6.10 Å². The lowest BCUT2D eigenvalue weighted by molar-refractivity contribution is 0.0234. The molecule has 1 fully saturated rings. The number of rotatable bonds is 4. The van der Waals surface area contributed by atoms with Gasteiger partial charge >= 0.3 is 0 Å². The highest BCUT2D eigenvalue weighted by molar-refractivity contribution is 9.10. The van der Waals surface area contributed by atoms with E-state index in [4.69, 9.17) is 9.47 Å². The van der Waals surface area contributed by atoms with E-state index in [0.717, 1.165) is 37.1 Å². The standard InChI is InChI=1S/C11H16BrN3O2/c1-2-13-11-14-7-9(12)10(15-11)17-8-3-5-16-6-4-8/h7-8H,2-6H2,1H3,(H,13,14,15). The SMILES string of the molecule is CCNc1ncc(Br)c(OC2CCOCC2)n1. The van der Waals surface area contributed by atoms with Crippen molar-refractivity contribution in [3.63, 3.8) is 0 Å². The summed E-state index contributed by atoms with van der Waals surface area (Å²) in [6.45, 7) is 4.31. The van der Waals surface area contributed by atoms with Gasteiger partial charge in [0, 0.05) is 19.4 Å². The first kappa shape index (κ1) is 12.6. The number of hydrogen-bond acceptors (Lipinski definition) is 5. The Labute approximate surface area is 109 Å². The predicted octanol–water partition coefficient (Wildman–Crippen LogP) is 2.23. The molecule has 0 bridgehead atoms. The van der Waals surface area contributed by atoms with Crippen LogP contribution in [0.2, 0.25) is 0 Å². The number of halogens is 1. The first-order valence-corrected chi connectivity index (χ1v) is 6.59. The van der Waals surface area contributed by atoms with Crippen molar-refractivity contribution in [2.24, 2.45) is 0 Å². The van der Waals surface area contributed by atoms with E-state index in [-0.39, 0.29) is 6.10 Å². The fraction of sp³-hybridized carbons (Fsp3) is 0.636. The van der Waals surface area contributed by atoms with Crippen LogP contribution in [-0.2, 0) is 4.74 Å². The predicted molar refractivity (Wildman–Crippen MR) is 68.4 cm³/mol. The fourth-order valence-corrected chi connectivity index (χ4v) is 1.91. The normalized spacial score (nSPS) is 16.8. The van der Waals surface area contributed by atoms with Gasteiger partial charge in [-0.2, -0.15) is 4.98 Å². The Morgan fingerprint density at radius 3 is 3.00 bits per heavy atom. The third-order valence-corrected chi connectivity index (χ3v) is 3.04. The third-order valence-electron chi connectivity index (χ3n) is 2.49. The molecule has 0 saturated carbocycles. The topological polar surface area (TPSA) is 56.3 Å². The van der Waals surface area contributed by atoms with Crippen LogP contribution < -0.4 is 10.1 Å². The molecule has 2 heterocycles. The third kappa shape index (κ3) is 3.54. The summed E-state index contributed by atoms with van der Waals surface area (Å²) in [7, 11) is 0. The van der Waals surface area contributed by atoms with E-state index in [1.54, 1.807) is 6.20 Å². The zero-order valence-corrected chi connectivity index (χ0v) is 11.4. The van der Waals surface area contributed by atoms with Crippen molar-refractivity contribution in [2.75, 3.05) is 25.1 Å². The molecule has 0 spiro atoms. The Hall–Kier alpha value is -0.880. The minimum absolute atomic E-state index is 0.185. The lowest BCUT2D eigenvalue weighted by Crippen LogP contribution is -2.26. The minimum Gasteiger partial charge on any atom is -0.473 e. The van der Waals surface area contributed by atoms with Gasteiger partial charge in [0.05, 0.1) is 23.9 Å². The highest BCUT2D eigenvalue weighted by atomic mass is 79.9. The number of nitrogens with zero attached hydrogens (tertiary/aromatic N) is 2. The Kier molecular flexibility index (Phi) is 4.56. The second kappa shape index (κ2) is 6.16. The summed E-state index contributed by atoms with van der Waals surface area (Å²) in [5.74, 6) is 1.20. The summed E-state index contributed by atoms with van der Waals surface area (Å²) < 4.78 is 11.9. The molecule has 1 saturated heterocycles. The average molecular weight is 302 g/mol. The summed E-state index contributed by atoms with van der Waals surface area (Å²) in [5.41, 5.74) is 0. The van der Waals surface area contributed by atoms with Crippen LogP contribution >= 0.6 is 15.9 Å². The molecule has 0 radical (unpaired) electrons. The van der Waals surface area contributed by atoms with Crippen molar-refractivity contribution >= 4 is 21.9 Å². The molecule has 0 aliphatic carbocycles. The lowest BCUT2D eigenvalue weighted by Gasteiger charge is -2.23. The van der Waals surface area contributed by atoms with Crippen LogP contribution in [0.25, 0.3) is 0 Å². The summed E-state index contributed by atoms with van der Waals surface area (Å²) in [6, 6.07) is 0. The van der Waals surface area contributed by atoms with Crippen molar-refractivity contribution in [1.29, 1.82) is 0 Å². The highest BCUT2D eigenvalue weighted by Gasteiger charge is 2.17. The van der Waals surface area contributed by atoms with Gasteiger partial charge in [0.25, 0.3) is 0 Å². The number of hydrogen-bond donors (Lipinski definition) is 1. The quantitative estimate of drug-likeness (QED) is 0.924. The molecular weight excluding hydrogens is 286 g/mol. The Balaban J connectivity index is 2.04. The van der Waals surface area contributed by atoms with E-state index in [0.29, 0.717) is 11.8 Å². The van der Waals surface area contributed by atoms with Crippen LogP contribution in [-0.4, -0.2) is 35.8 Å². The van der Waals surface area contributed by atoms with E-state index in [1.807, 2.05) is 6.92 Å². The average Bonchev–Trinajstić information content (AvgIpc) is 2.35. The molecule has 1 N–H and O–H groups in total. The first-order chi connectivity index (χ1) is 8.29. The van der Waals surface area contributed by atoms with Gasteiger partial charge in [-0.05, 0) is 22.9 Å². The molecule has 6 heteroatoms. The molecule has 0 unspecified atom stereocenters. The molecule has 1 aliphatic rings. The van der Waals surface area contributed by atoms with Crippen molar-refractivity contribution in [2.45, 2.75) is 25.9 Å².